The summed E-state index contributed by atoms with van der Waals surface area (Å²) in [6.45, 7) is 2.37. The first-order chi connectivity index (χ1) is 13.5. The number of methoxy groups -OCH3 is 2. The minimum Gasteiger partial charge on any atom is -0.497 e. The molecule has 0 aliphatic rings. The highest BCUT2D eigenvalue weighted by atomic mass is 16.5. The van der Waals surface area contributed by atoms with Gasteiger partial charge in [0.2, 0.25) is 5.91 Å². The van der Waals surface area contributed by atoms with Gasteiger partial charge in [-0.25, -0.2) is 4.98 Å². The average molecular weight is 382 g/mol. The zero-order valence-corrected chi connectivity index (χ0v) is 16.0. The monoisotopic (exact) mass is 382 g/mol. The summed E-state index contributed by atoms with van der Waals surface area (Å²) in [5.41, 5.74) is 2.30. The third-order valence-corrected chi connectivity index (χ3v) is 4.17. The van der Waals surface area contributed by atoms with E-state index in [4.69, 9.17) is 9.47 Å². The lowest BCUT2D eigenvalue weighted by atomic mass is 10.1. The number of nitrogens with zero attached hydrogens (tertiary/aromatic N) is 2. The number of fused-ring (bicyclic) bond motifs is 1. The van der Waals surface area contributed by atoms with Gasteiger partial charge in [-0.1, -0.05) is 6.07 Å². The van der Waals surface area contributed by atoms with E-state index in [9.17, 15) is 9.59 Å². The molecule has 8 heteroatoms. The number of para-hydroxylation sites is 1. The summed E-state index contributed by atoms with van der Waals surface area (Å²) < 4.78 is 12.1. The largest absolute Gasteiger partial charge is 0.497 e. The van der Waals surface area contributed by atoms with Crippen LogP contribution >= 0.6 is 0 Å². The quantitative estimate of drug-likeness (QED) is 0.655. The molecule has 0 fully saturated rings. The number of imidazole rings is 1. The van der Waals surface area contributed by atoms with Gasteiger partial charge in [0.15, 0.2) is 0 Å². The third-order valence-electron chi connectivity index (χ3n) is 4.17. The van der Waals surface area contributed by atoms with Crippen LogP contribution in [-0.2, 0) is 11.3 Å². The molecule has 1 aromatic heterocycles. The fourth-order valence-electron chi connectivity index (χ4n) is 2.92. The first-order valence-corrected chi connectivity index (χ1v) is 8.80. The maximum absolute atomic E-state index is 12.6. The van der Waals surface area contributed by atoms with E-state index in [0.29, 0.717) is 40.3 Å². The Morgan fingerprint density at radius 3 is 2.46 bits per heavy atom. The van der Waals surface area contributed by atoms with Crippen LogP contribution in [0.15, 0.2) is 42.7 Å². The number of benzene rings is 2. The van der Waals surface area contributed by atoms with E-state index < -0.39 is 0 Å². The molecule has 0 spiro atoms. The summed E-state index contributed by atoms with van der Waals surface area (Å²) in [6.07, 6.45) is 1.55. The second-order valence-electron chi connectivity index (χ2n) is 6.05. The molecule has 3 aromatic rings. The van der Waals surface area contributed by atoms with E-state index in [1.807, 2.05) is 6.92 Å². The molecule has 0 atom stereocenters. The van der Waals surface area contributed by atoms with Gasteiger partial charge in [-0.3, -0.25) is 9.59 Å². The number of carbonyl (C=O) groups is 2. The molecule has 3 rings (SSSR count). The van der Waals surface area contributed by atoms with Crippen molar-refractivity contribution in [3.05, 3.63) is 48.3 Å². The number of carbonyl (C=O) groups excluding carboxylic acids is 2. The Morgan fingerprint density at radius 1 is 1.11 bits per heavy atom. The number of hydrogen-bond donors (Lipinski definition) is 2. The van der Waals surface area contributed by atoms with Crippen LogP contribution in [0.3, 0.4) is 0 Å². The highest BCUT2D eigenvalue weighted by molar-refractivity contribution is 6.05. The van der Waals surface area contributed by atoms with Crippen LogP contribution in [0.5, 0.6) is 11.5 Å². The van der Waals surface area contributed by atoms with E-state index in [1.54, 1.807) is 61.5 Å². The summed E-state index contributed by atoms with van der Waals surface area (Å²) in [6, 6.07) is 10.4. The number of aromatic nitrogens is 2. The lowest BCUT2D eigenvalue weighted by Crippen LogP contribution is -2.24. The van der Waals surface area contributed by atoms with Crippen molar-refractivity contribution in [2.45, 2.75) is 13.5 Å². The Labute approximate surface area is 162 Å². The van der Waals surface area contributed by atoms with Crippen molar-refractivity contribution in [1.82, 2.24) is 14.9 Å². The molecule has 8 nitrogen and oxygen atoms in total. The van der Waals surface area contributed by atoms with Crippen molar-refractivity contribution in [3.63, 3.8) is 0 Å². The minimum absolute atomic E-state index is 0.00639. The molecule has 0 bridgehead atoms. The van der Waals surface area contributed by atoms with Crippen LogP contribution < -0.4 is 20.1 Å². The average Bonchev–Trinajstić information content (AvgIpc) is 3.10. The predicted molar refractivity (Wildman–Crippen MR) is 106 cm³/mol. The predicted octanol–water partition coefficient (Wildman–Crippen LogP) is 2.44. The fourth-order valence-corrected chi connectivity index (χ4v) is 2.92. The van der Waals surface area contributed by atoms with Crippen molar-refractivity contribution in [1.29, 1.82) is 0 Å². The Bertz CT molecular complexity index is 990. The van der Waals surface area contributed by atoms with Gasteiger partial charge in [0, 0.05) is 30.4 Å². The van der Waals surface area contributed by atoms with Gasteiger partial charge < -0.3 is 24.7 Å². The topological polar surface area (TPSA) is 94.5 Å². The van der Waals surface area contributed by atoms with E-state index in [1.165, 1.54) is 0 Å². The van der Waals surface area contributed by atoms with Gasteiger partial charge in [0.1, 0.15) is 18.0 Å². The van der Waals surface area contributed by atoms with E-state index >= 15 is 0 Å². The SMILES string of the molecule is CCNC(=O)c1cccc2ncn(CC(=O)Nc3cc(OC)cc(OC)c3)c12. The minimum atomic E-state index is -0.264. The van der Waals surface area contributed by atoms with Crippen molar-refractivity contribution < 1.29 is 19.1 Å². The normalized spacial score (nSPS) is 10.5. The molecule has 1 heterocycles. The summed E-state index contributed by atoms with van der Waals surface area (Å²) in [5.74, 6) is 0.676. The van der Waals surface area contributed by atoms with Gasteiger partial charge in [-0.05, 0) is 19.1 Å². The van der Waals surface area contributed by atoms with Crippen LogP contribution in [-0.4, -0.2) is 42.1 Å². The molecule has 2 aromatic carbocycles. The smallest absolute Gasteiger partial charge is 0.253 e. The van der Waals surface area contributed by atoms with Gasteiger partial charge in [0.05, 0.1) is 37.1 Å². The maximum Gasteiger partial charge on any atom is 0.253 e. The molecule has 28 heavy (non-hydrogen) atoms. The zero-order chi connectivity index (χ0) is 20.1. The lowest BCUT2D eigenvalue weighted by Gasteiger charge is -2.11. The van der Waals surface area contributed by atoms with Crippen molar-refractivity contribution in [3.8, 4) is 11.5 Å². The van der Waals surface area contributed by atoms with Crippen molar-refractivity contribution in [2.75, 3.05) is 26.1 Å². The Hall–Kier alpha value is -3.55. The Morgan fingerprint density at radius 2 is 1.82 bits per heavy atom. The third kappa shape index (κ3) is 4.06. The van der Waals surface area contributed by atoms with Crippen LogP contribution in [0.25, 0.3) is 11.0 Å². The highest BCUT2D eigenvalue weighted by Crippen LogP contribution is 2.26. The first-order valence-electron chi connectivity index (χ1n) is 8.80. The molecule has 0 saturated heterocycles. The molecule has 0 aliphatic carbocycles. The number of nitrogens with one attached hydrogen (secondary N) is 2. The Balaban J connectivity index is 1.85. The number of anilines is 1. The molecular weight excluding hydrogens is 360 g/mol. The summed E-state index contributed by atoms with van der Waals surface area (Å²) in [5, 5.41) is 5.60. The van der Waals surface area contributed by atoms with Crippen molar-refractivity contribution in [2.24, 2.45) is 0 Å². The number of ether oxygens (including phenoxy) is 2. The van der Waals surface area contributed by atoms with Crippen LogP contribution in [0.2, 0.25) is 0 Å². The van der Waals surface area contributed by atoms with Gasteiger partial charge in [0.25, 0.3) is 5.91 Å². The van der Waals surface area contributed by atoms with E-state index in [-0.39, 0.29) is 18.4 Å². The molecule has 146 valence electrons. The highest BCUT2D eigenvalue weighted by Gasteiger charge is 2.16. The van der Waals surface area contributed by atoms with E-state index in [2.05, 4.69) is 15.6 Å². The molecule has 2 N–H and O–H groups in total. The number of amides is 2. The molecule has 0 radical (unpaired) electrons. The molecular formula is C20H22N4O4. The van der Waals surface area contributed by atoms with Gasteiger partial charge in [-0.2, -0.15) is 0 Å². The Kier molecular flexibility index (Phi) is 5.78. The molecule has 2 amide bonds. The molecule has 0 unspecified atom stereocenters. The molecule has 0 saturated carbocycles. The first kappa shape index (κ1) is 19.2. The molecule has 0 aliphatic heterocycles. The summed E-state index contributed by atoms with van der Waals surface area (Å²) in [4.78, 5) is 29.2. The van der Waals surface area contributed by atoms with Crippen LogP contribution in [0, 0.1) is 0 Å². The zero-order valence-electron chi connectivity index (χ0n) is 16.0. The second kappa shape index (κ2) is 8.43. The van der Waals surface area contributed by atoms with E-state index in [0.717, 1.165) is 0 Å². The summed E-state index contributed by atoms with van der Waals surface area (Å²) in [7, 11) is 3.09. The van der Waals surface area contributed by atoms with Crippen molar-refractivity contribution >= 4 is 28.5 Å². The standard InChI is InChI=1S/C20H22N4O4/c1-4-21-20(26)16-6-5-7-17-19(16)24(12-22-17)11-18(25)23-13-8-14(27-2)10-15(9-13)28-3/h5-10,12H,4,11H2,1-3H3,(H,21,26)(H,23,25). The van der Waals surface area contributed by atoms with Gasteiger partial charge >= 0.3 is 0 Å². The number of hydrogen-bond acceptors (Lipinski definition) is 5. The van der Waals surface area contributed by atoms with Crippen LogP contribution in [0.4, 0.5) is 5.69 Å². The second-order valence-corrected chi connectivity index (χ2v) is 6.05. The van der Waals surface area contributed by atoms with Crippen LogP contribution in [0.1, 0.15) is 17.3 Å². The lowest BCUT2D eigenvalue weighted by molar-refractivity contribution is -0.116. The fraction of sp³-hybridized carbons (Fsp3) is 0.250. The van der Waals surface area contributed by atoms with Gasteiger partial charge in [-0.15, -0.1) is 0 Å². The maximum atomic E-state index is 12.6. The number of rotatable bonds is 7. The summed E-state index contributed by atoms with van der Waals surface area (Å²) >= 11 is 0.